The molecule has 3 aromatic rings. The summed E-state index contributed by atoms with van der Waals surface area (Å²) in [6.45, 7) is 1.45. The molecule has 0 saturated heterocycles. The maximum absolute atomic E-state index is 15.4. The molecular formula is C22H21F2N3O3. The van der Waals surface area contributed by atoms with Crippen LogP contribution in [-0.2, 0) is 6.42 Å². The van der Waals surface area contributed by atoms with Gasteiger partial charge in [0.1, 0.15) is 11.4 Å². The molecule has 156 valence electrons. The average molecular weight is 413 g/mol. The van der Waals surface area contributed by atoms with Crippen molar-refractivity contribution in [2.45, 2.75) is 32.2 Å². The Morgan fingerprint density at radius 3 is 2.50 bits per heavy atom. The highest BCUT2D eigenvalue weighted by atomic mass is 19.1. The molecule has 1 heterocycles. The van der Waals surface area contributed by atoms with Crippen molar-refractivity contribution >= 4 is 28.1 Å². The number of anilines is 2. The molecule has 1 aliphatic carbocycles. The highest BCUT2D eigenvalue weighted by molar-refractivity contribution is 6.01. The number of nitrogen functional groups attached to an aromatic ring is 1. The van der Waals surface area contributed by atoms with Gasteiger partial charge >= 0.3 is 0 Å². The summed E-state index contributed by atoms with van der Waals surface area (Å²) in [5.41, 5.74) is 4.93. The Balaban J connectivity index is 1.79. The molecule has 4 rings (SSSR count). The van der Waals surface area contributed by atoms with E-state index in [1.54, 1.807) is 12.1 Å². The number of aromatic nitrogens is 1. The van der Waals surface area contributed by atoms with Crippen LogP contribution in [0.2, 0.25) is 0 Å². The van der Waals surface area contributed by atoms with E-state index < -0.39 is 34.2 Å². The molecule has 30 heavy (non-hydrogen) atoms. The van der Waals surface area contributed by atoms with E-state index in [1.807, 2.05) is 0 Å². The number of nitrogens with one attached hydrogen (secondary N) is 1. The Bertz CT molecular complexity index is 1220. The van der Waals surface area contributed by atoms with Crippen LogP contribution in [0.25, 0.3) is 10.9 Å². The van der Waals surface area contributed by atoms with Crippen molar-refractivity contribution in [1.82, 2.24) is 4.57 Å². The monoisotopic (exact) mass is 413 g/mol. The predicted molar refractivity (Wildman–Crippen MR) is 111 cm³/mol. The molecule has 6 nitrogen and oxygen atoms in total. The molecule has 0 radical (unpaired) electrons. The third kappa shape index (κ3) is 3.38. The van der Waals surface area contributed by atoms with Crippen LogP contribution in [-0.4, -0.2) is 22.0 Å². The zero-order valence-electron chi connectivity index (χ0n) is 16.3. The molecule has 0 unspecified atom stereocenters. The Hall–Kier alpha value is -3.42. The molecule has 0 aliphatic heterocycles. The van der Waals surface area contributed by atoms with Crippen molar-refractivity contribution in [2.75, 3.05) is 17.6 Å². The van der Waals surface area contributed by atoms with E-state index in [9.17, 15) is 19.1 Å². The molecular weight excluding hydrogens is 392 g/mol. The average Bonchev–Trinajstić information content (AvgIpc) is 3.55. The number of fused-ring (bicyclic) bond motifs is 1. The molecule has 0 amide bonds. The zero-order valence-corrected chi connectivity index (χ0v) is 16.3. The molecule has 0 bridgehead atoms. The molecule has 1 fully saturated rings. The SMILES string of the molecule is CC(=O)c1cn(C2CC2)c2c(F)c(NCCc3ccc(O)cc3)c(F)c(N)c2c1=O. The second-order valence-electron chi connectivity index (χ2n) is 7.55. The van der Waals surface area contributed by atoms with Gasteiger partial charge in [0.15, 0.2) is 17.4 Å². The number of rotatable bonds is 6. The van der Waals surface area contributed by atoms with Gasteiger partial charge in [-0.25, -0.2) is 8.78 Å². The van der Waals surface area contributed by atoms with Gasteiger partial charge in [0.25, 0.3) is 0 Å². The minimum absolute atomic E-state index is 0.0598. The van der Waals surface area contributed by atoms with E-state index in [0.29, 0.717) is 6.42 Å². The quantitative estimate of drug-likeness (QED) is 0.422. The number of phenolic OH excluding ortho intramolecular Hbond substituents is 1. The summed E-state index contributed by atoms with van der Waals surface area (Å²) in [6.07, 6.45) is 3.35. The van der Waals surface area contributed by atoms with Crippen LogP contribution >= 0.6 is 0 Å². The highest BCUT2D eigenvalue weighted by Gasteiger charge is 2.31. The number of ketones is 1. The second-order valence-corrected chi connectivity index (χ2v) is 7.55. The molecule has 1 aromatic heterocycles. The summed E-state index contributed by atoms with van der Waals surface area (Å²) in [5, 5.41) is 11.8. The smallest absolute Gasteiger partial charge is 0.202 e. The van der Waals surface area contributed by atoms with Crippen LogP contribution < -0.4 is 16.5 Å². The Labute approximate surface area is 170 Å². The van der Waals surface area contributed by atoms with Gasteiger partial charge in [-0.1, -0.05) is 12.1 Å². The maximum Gasteiger partial charge on any atom is 0.202 e. The van der Waals surface area contributed by atoms with Gasteiger partial charge < -0.3 is 20.7 Å². The first-order chi connectivity index (χ1) is 14.3. The first-order valence-corrected chi connectivity index (χ1v) is 9.67. The summed E-state index contributed by atoms with van der Waals surface area (Å²) >= 11 is 0. The minimum Gasteiger partial charge on any atom is -0.508 e. The molecule has 0 atom stereocenters. The zero-order chi connectivity index (χ0) is 21.6. The van der Waals surface area contributed by atoms with Crippen molar-refractivity contribution in [3.63, 3.8) is 0 Å². The van der Waals surface area contributed by atoms with Crippen LogP contribution in [0.3, 0.4) is 0 Å². The fraction of sp³-hybridized carbons (Fsp3) is 0.273. The fourth-order valence-corrected chi connectivity index (χ4v) is 3.61. The number of benzene rings is 2. The Morgan fingerprint density at radius 1 is 1.23 bits per heavy atom. The number of hydrogen-bond donors (Lipinski definition) is 3. The van der Waals surface area contributed by atoms with Gasteiger partial charge in [-0.15, -0.1) is 0 Å². The number of nitrogens with two attached hydrogens (primary N) is 1. The van der Waals surface area contributed by atoms with Gasteiger partial charge in [0.05, 0.1) is 22.2 Å². The van der Waals surface area contributed by atoms with E-state index in [0.717, 1.165) is 18.4 Å². The molecule has 1 saturated carbocycles. The molecule has 1 aliphatic rings. The van der Waals surface area contributed by atoms with E-state index in [1.165, 1.54) is 29.8 Å². The maximum atomic E-state index is 15.4. The standard InChI is InChI=1S/C22H21F2N3O3/c1-11(28)15-10-27(13-4-5-13)21-16(22(15)30)19(25)17(23)20(18(21)24)26-9-8-12-2-6-14(29)7-3-12/h2-3,6-7,10,13,26,29H,4-5,8-9,25H2,1H3. The summed E-state index contributed by atoms with van der Waals surface area (Å²) in [5.74, 6) is -2.30. The molecule has 0 spiro atoms. The van der Waals surface area contributed by atoms with Gasteiger partial charge in [-0.05, 0) is 43.9 Å². The Kier molecular flexibility index (Phi) is 4.93. The van der Waals surface area contributed by atoms with E-state index in [2.05, 4.69) is 5.32 Å². The third-order valence-electron chi connectivity index (χ3n) is 5.36. The number of hydrogen-bond acceptors (Lipinski definition) is 5. The summed E-state index contributed by atoms with van der Waals surface area (Å²) < 4.78 is 31.9. The lowest BCUT2D eigenvalue weighted by molar-refractivity contribution is 0.101. The number of halogens is 2. The van der Waals surface area contributed by atoms with Crippen LogP contribution in [0, 0.1) is 11.6 Å². The highest BCUT2D eigenvalue weighted by Crippen LogP contribution is 2.40. The third-order valence-corrected chi connectivity index (χ3v) is 5.36. The fourth-order valence-electron chi connectivity index (χ4n) is 3.61. The lowest BCUT2D eigenvalue weighted by atomic mass is 10.0. The van der Waals surface area contributed by atoms with Gasteiger partial charge in [-0.2, -0.15) is 0 Å². The second kappa shape index (κ2) is 7.44. The van der Waals surface area contributed by atoms with Crippen LogP contribution in [0.4, 0.5) is 20.2 Å². The lowest BCUT2D eigenvalue weighted by Crippen LogP contribution is -2.21. The van der Waals surface area contributed by atoms with Crippen molar-refractivity contribution in [1.29, 1.82) is 0 Å². The minimum atomic E-state index is -1.05. The number of Topliss-reactive ketones (excluding diaryl/α,β-unsaturated/α-hetero) is 1. The molecule has 2 aromatic carbocycles. The van der Waals surface area contributed by atoms with Crippen molar-refractivity contribution < 1.29 is 18.7 Å². The van der Waals surface area contributed by atoms with Crippen molar-refractivity contribution in [2.24, 2.45) is 0 Å². The topological polar surface area (TPSA) is 97.3 Å². The number of carbonyl (C=O) groups excluding carboxylic acids is 1. The number of nitrogens with zero attached hydrogens (tertiary/aromatic N) is 1. The first kappa shape index (κ1) is 19.9. The van der Waals surface area contributed by atoms with E-state index in [-0.39, 0.29) is 34.8 Å². The first-order valence-electron chi connectivity index (χ1n) is 9.67. The number of aromatic hydroxyl groups is 1. The van der Waals surface area contributed by atoms with Gasteiger partial charge in [-0.3, -0.25) is 9.59 Å². The van der Waals surface area contributed by atoms with Crippen LogP contribution in [0.15, 0.2) is 35.3 Å². The largest absolute Gasteiger partial charge is 0.508 e. The van der Waals surface area contributed by atoms with Crippen LogP contribution in [0.5, 0.6) is 5.75 Å². The number of carbonyl (C=O) groups is 1. The van der Waals surface area contributed by atoms with Crippen molar-refractivity contribution in [3.8, 4) is 5.75 Å². The molecule has 4 N–H and O–H groups in total. The number of phenols is 1. The van der Waals surface area contributed by atoms with E-state index in [4.69, 9.17) is 5.73 Å². The molecule has 8 heteroatoms. The van der Waals surface area contributed by atoms with Crippen molar-refractivity contribution in [3.05, 3.63) is 63.4 Å². The van der Waals surface area contributed by atoms with Gasteiger partial charge in [0, 0.05) is 18.8 Å². The van der Waals surface area contributed by atoms with Gasteiger partial charge in [0.2, 0.25) is 5.43 Å². The van der Waals surface area contributed by atoms with Crippen LogP contribution in [0.1, 0.15) is 41.7 Å². The summed E-state index contributed by atoms with van der Waals surface area (Å²) in [7, 11) is 0. The predicted octanol–water partition coefficient (Wildman–Crippen LogP) is 3.76. The normalized spacial score (nSPS) is 13.6. The summed E-state index contributed by atoms with van der Waals surface area (Å²) in [6, 6.07) is 6.44. The number of pyridine rings is 1. The summed E-state index contributed by atoms with van der Waals surface area (Å²) in [4.78, 5) is 24.6. The Morgan fingerprint density at radius 2 is 1.90 bits per heavy atom. The van der Waals surface area contributed by atoms with E-state index >= 15 is 4.39 Å². The lowest BCUT2D eigenvalue weighted by Gasteiger charge is -2.18.